The molecule has 0 aliphatic carbocycles. The second-order valence-corrected chi connectivity index (χ2v) is 7.01. The lowest BCUT2D eigenvalue weighted by Gasteiger charge is -2.14. The Bertz CT molecular complexity index is 1090. The first-order valence-corrected chi connectivity index (χ1v) is 9.44. The number of nitrogens with one attached hydrogen (secondary N) is 2. The van der Waals surface area contributed by atoms with Crippen molar-refractivity contribution in [1.29, 1.82) is 0 Å². The van der Waals surface area contributed by atoms with Gasteiger partial charge in [-0.3, -0.25) is 9.52 Å². The Balaban J connectivity index is 1.81. The van der Waals surface area contributed by atoms with Crippen LogP contribution in [0.1, 0.15) is 10.4 Å². The van der Waals surface area contributed by atoms with E-state index in [1.165, 1.54) is 30.3 Å². The Labute approximate surface area is 160 Å². The summed E-state index contributed by atoms with van der Waals surface area (Å²) in [4.78, 5) is 12.1. The third kappa shape index (κ3) is 5.04. The molecular weight excluding hydrogens is 390 g/mol. The fourth-order valence-corrected chi connectivity index (χ4v) is 3.10. The highest BCUT2D eigenvalue weighted by Crippen LogP contribution is 2.31. The fourth-order valence-electron chi connectivity index (χ4n) is 2.24. The van der Waals surface area contributed by atoms with Gasteiger partial charge in [0, 0.05) is 11.6 Å². The molecule has 1 amide bonds. The summed E-state index contributed by atoms with van der Waals surface area (Å²) in [5.41, 5.74) is -0.104. The summed E-state index contributed by atoms with van der Waals surface area (Å²) >= 11 is 0. The van der Waals surface area contributed by atoms with Crippen LogP contribution in [0.5, 0.6) is 11.5 Å². The molecule has 0 saturated heterocycles. The third-order valence-electron chi connectivity index (χ3n) is 3.49. The molecule has 3 rings (SSSR count). The molecule has 0 saturated carbocycles. The van der Waals surface area contributed by atoms with Gasteiger partial charge in [-0.15, -0.1) is 0 Å². The number of hydrogen-bond donors (Lipinski definition) is 2. The molecule has 28 heavy (non-hydrogen) atoms. The van der Waals surface area contributed by atoms with E-state index in [1.807, 2.05) is 4.72 Å². The van der Waals surface area contributed by atoms with Gasteiger partial charge < -0.3 is 4.74 Å². The molecule has 6 nitrogen and oxygen atoms in total. The van der Waals surface area contributed by atoms with Crippen molar-refractivity contribution in [1.82, 2.24) is 4.72 Å². The summed E-state index contributed by atoms with van der Waals surface area (Å²) in [5.74, 6) is -1.88. The topological polar surface area (TPSA) is 84.5 Å². The fraction of sp³-hybridized carbons (Fsp3) is 0. The molecule has 0 fully saturated rings. The number of rotatable bonds is 6. The molecule has 9 heteroatoms. The molecule has 0 aliphatic rings. The van der Waals surface area contributed by atoms with E-state index in [1.54, 1.807) is 18.2 Å². The summed E-state index contributed by atoms with van der Waals surface area (Å²) in [6, 6.07) is 15.8. The maximum atomic E-state index is 13.6. The molecule has 0 atom stereocenters. The zero-order valence-corrected chi connectivity index (χ0v) is 15.0. The van der Waals surface area contributed by atoms with Crippen LogP contribution in [-0.2, 0) is 10.2 Å². The minimum atomic E-state index is -4.38. The smallest absolute Gasteiger partial charge is 0.324 e. The molecule has 0 aromatic heterocycles. The summed E-state index contributed by atoms with van der Waals surface area (Å²) in [5, 5.41) is 0. The molecule has 2 N–H and O–H groups in total. The monoisotopic (exact) mass is 404 g/mol. The van der Waals surface area contributed by atoms with Crippen LogP contribution in [0, 0.1) is 11.6 Å². The predicted molar refractivity (Wildman–Crippen MR) is 99.3 cm³/mol. The van der Waals surface area contributed by atoms with Gasteiger partial charge in [0.1, 0.15) is 17.4 Å². The van der Waals surface area contributed by atoms with Crippen LogP contribution in [0.25, 0.3) is 0 Å². The second kappa shape index (κ2) is 8.05. The van der Waals surface area contributed by atoms with Gasteiger partial charge in [0.05, 0.1) is 5.69 Å². The van der Waals surface area contributed by atoms with Gasteiger partial charge >= 0.3 is 10.2 Å². The van der Waals surface area contributed by atoms with Gasteiger partial charge in [-0.05, 0) is 48.5 Å². The van der Waals surface area contributed by atoms with Crippen LogP contribution in [0.4, 0.5) is 14.5 Å². The van der Waals surface area contributed by atoms with E-state index < -0.39 is 27.8 Å². The summed E-state index contributed by atoms with van der Waals surface area (Å²) in [7, 11) is -4.38. The molecule has 144 valence electrons. The number of carbonyl (C=O) groups is 1. The Morgan fingerprint density at radius 1 is 0.857 bits per heavy atom. The van der Waals surface area contributed by atoms with E-state index in [4.69, 9.17) is 4.74 Å². The zero-order chi connectivity index (χ0) is 20.1. The zero-order valence-electron chi connectivity index (χ0n) is 14.2. The highest BCUT2D eigenvalue weighted by molar-refractivity contribution is 7.91. The first kappa shape index (κ1) is 19.3. The highest BCUT2D eigenvalue weighted by Gasteiger charge is 2.18. The van der Waals surface area contributed by atoms with Gasteiger partial charge in [-0.2, -0.15) is 8.42 Å². The predicted octanol–water partition coefficient (Wildman–Crippen LogP) is 3.84. The van der Waals surface area contributed by atoms with Crippen LogP contribution in [0.15, 0.2) is 72.8 Å². The van der Waals surface area contributed by atoms with Crippen molar-refractivity contribution in [2.75, 3.05) is 4.72 Å². The SMILES string of the molecule is O=C(NS(=O)(=O)Nc1cc(F)ccc1Oc1ccc(F)cc1)c1ccccc1. The van der Waals surface area contributed by atoms with Crippen molar-refractivity contribution in [2.24, 2.45) is 0 Å². The van der Waals surface area contributed by atoms with E-state index >= 15 is 0 Å². The Hall–Kier alpha value is -3.46. The lowest BCUT2D eigenvalue weighted by Crippen LogP contribution is -2.35. The van der Waals surface area contributed by atoms with Crippen LogP contribution >= 0.6 is 0 Å². The van der Waals surface area contributed by atoms with Crippen molar-refractivity contribution < 1.29 is 26.7 Å². The van der Waals surface area contributed by atoms with E-state index in [2.05, 4.69) is 4.72 Å². The molecule has 3 aromatic carbocycles. The summed E-state index contributed by atoms with van der Waals surface area (Å²) in [6.45, 7) is 0. The molecule has 0 aliphatic heterocycles. The number of hydrogen-bond acceptors (Lipinski definition) is 4. The molecule has 0 unspecified atom stereocenters. The molecule has 0 radical (unpaired) electrons. The molecular formula is C19H14F2N2O4S. The van der Waals surface area contributed by atoms with Gasteiger partial charge in [-0.25, -0.2) is 13.5 Å². The van der Waals surface area contributed by atoms with E-state index in [0.29, 0.717) is 0 Å². The minimum Gasteiger partial charge on any atom is -0.455 e. The maximum Gasteiger partial charge on any atom is 0.324 e. The maximum absolute atomic E-state index is 13.6. The lowest BCUT2D eigenvalue weighted by atomic mass is 10.2. The van der Waals surface area contributed by atoms with E-state index in [-0.39, 0.29) is 22.7 Å². The normalized spacial score (nSPS) is 10.9. The number of ether oxygens (including phenoxy) is 1. The van der Waals surface area contributed by atoms with Crippen molar-refractivity contribution >= 4 is 21.8 Å². The number of benzene rings is 3. The standard InChI is InChI=1S/C19H14F2N2O4S/c20-14-6-9-16(10-7-14)27-18-11-8-15(21)12-17(18)22-28(25,26)23-19(24)13-4-2-1-3-5-13/h1-12,22H,(H,23,24). The van der Waals surface area contributed by atoms with Gasteiger partial charge in [0.2, 0.25) is 0 Å². The molecule has 3 aromatic rings. The van der Waals surface area contributed by atoms with E-state index in [9.17, 15) is 22.0 Å². The Morgan fingerprint density at radius 2 is 1.50 bits per heavy atom. The van der Waals surface area contributed by atoms with Crippen molar-refractivity contribution in [3.05, 3.63) is 90.0 Å². The summed E-state index contributed by atoms with van der Waals surface area (Å²) < 4.78 is 60.5. The third-order valence-corrected chi connectivity index (χ3v) is 4.43. The Kier molecular flexibility index (Phi) is 5.55. The summed E-state index contributed by atoms with van der Waals surface area (Å²) in [6.07, 6.45) is 0. The number of anilines is 1. The van der Waals surface area contributed by atoms with Gasteiger partial charge in [0.15, 0.2) is 5.75 Å². The van der Waals surface area contributed by atoms with Crippen LogP contribution in [-0.4, -0.2) is 14.3 Å². The number of amides is 1. The lowest BCUT2D eigenvalue weighted by molar-refractivity contribution is 0.0981. The second-order valence-electron chi connectivity index (χ2n) is 5.60. The quantitative estimate of drug-likeness (QED) is 0.654. The van der Waals surface area contributed by atoms with Gasteiger partial charge in [-0.1, -0.05) is 18.2 Å². The molecule has 0 bridgehead atoms. The molecule has 0 heterocycles. The average Bonchev–Trinajstić information content (AvgIpc) is 2.65. The minimum absolute atomic E-state index is 0.0365. The van der Waals surface area contributed by atoms with Gasteiger partial charge in [0.25, 0.3) is 5.91 Å². The van der Waals surface area contributed by atoms with Crippen LogP contribution in [0.2, 0.25) is 0 Å². The first-order valence-electron chi connectivity index (χ1n) is 7.95. The number of carbonyl (C=O) groups excluding carboxylic acids is 1. The van der Waals surface area contributed by atoms with Crippen molar-refractivity contribution in [3.8, 4) is 11.5 Å². The number of halogens is 2. The highest BCUT2D eigenvalue weighted by atomic mass is 32.2. The largest absolute Gasteiger partial charge is 0.455 e. The van der Waals surface area contributed by atoms with Crippen LogP contribution < -0.4 is 14.2 Å². The van der Waals surface area contributed by atoms with Crippen molar-refractivity contribution in [2.45, 2.75) is 0 Å². The van der Waals surface area contributed by atoms with Crippen molar-refractivity contribution in [3.63, 3.8) is 0 Å². The molecule has 0 spiro atoms. The Morgan fingerprint density at radius 3 is 2.18 bits per heavy atom. The van der Waals surface area contributed by atoms with E-state index in [0.717, 1.165) is 24.3 Å². The average molecular weight is 404 g/mol. The van der Waals surface area contributed by atoms with Crippen LogP contribution in [0.3, 0.4) is 0 Å². The first-order chi connectivity index (χ1) is 13.3.